The third-order valence-electron chi connectivity index (χ3n) is 5.84. The first-order valence-corrected chi connectivity index (χ1v) is 11.8. The Morgan fingerprint density at radius 2 is 1.19 bits per heavy atom. The predicted molar refractivity (Wildman–Crippen MR) is 129 cm³/mol. The molecular formula is C27H37N3O2. The van der Waals surface area contributed by atoms with Crippen LogP contribution in [0.4, 0.5) is 0 Å². The van der Waals surface area contributed by atoms with E-state index < -0.39 is 0 Å². The molecule has 0 unspecified atom stereocenters. The summed E-state index contributed by atoms with van der Waals surface area (Å²) >= 11 is 0. The van der Waals surface area contributed by atoms with Gasteiger partial charge in [0.1, 0.15) is 0 Å². The molecule has 0 aliphatic carbocycles. The Labute approximate surface area is 193 Å². The second-order valence-corrected chi connectivity index (χ2v) is 9.55. The van der Waals surface area contributed by atoms with Gasteiger partial charge in [0.15, 0.2) is 0 Å². The number of piperazine rings is 1. The molecule has 32 heavy (non-hydrogen) atoms. The van der Waals surface area contributed by atoms with Gasteiger partial charge in [0.25, 0.3) is 0 Å². The summed E-state index contributed by atoms with van der Waals surface area (Å²) < 4.78 is 0. The van der Waals surface area contributed by atoms with Crippen LogP contribution in [0.25, 0.3) is 0 Å². The van der Waals surface area contributed by atoms with E-state index in [-0.39, 0.29) is 17.9 Å². The molecule has 1 aliphatic rings. The highest BCUT2D eigenvalue weighted by molar-refractivity contribution is 6.34. The third-order valence-corrected chi connectivity index (χ3v) is 5.84. The van der Waals surface area contributed by atoms with E-state index in [1.54, 1.807) is 9.80 Å². The van der Waals surface area contributed by atoms with Crippen molar-refractivity contribution in [3.05, 3.63) is 71.8 Å². The van der Waals surface area contributed by atoms with Crippen LogP contribution in [0.15, 0.2) is 60.7 Å². The maximum Gasteiger partial charge on any atom is 0.312 e. The Bertz CT molecular complexity index is 809. The van der Waals surface area contributed by atoms with E-state index >= 15 is 0 Å². The predicted octanol–water partition coefficient (Wildman–Crippen LogP) is 4.06. The molecule has 5 heteroatoms. The van der Waals surface area contributed by atoms with Crippen LogP contribution in [0, 0.1) is 11.8 Å². The van der Waals surface area contributed by atoms with Gasteiger partial charge in [0, 0.05) is 39.3 Å². The van der Waals surface area contributed by atoms with Crippen molar-refractivity contribution in [2.24, 2.45) is 11.8 Å². The molecule has 0 bridgehead atoms. The molecule has 0 radical (unpaired) electrons. The molecule has 1 saturated heterocycles. The lowest BCUT2D eigenvalue weighted by molar-refractivity contribution is -0.153. The lowest BCUT2D eigenvalue weighted by atomic mass is 9.96. The van der Waals surface area contributed by atoms with E-state index in [0.29, 0.717) is 38.0 Å². The molecule has 172 valence electrons. The lowest BCUT2D eigenvalue weighted by Crippen LogP contribution is -2.54. The fraction of sp³-hybridized carbons (Fsp3) is 0.481. The fourth-order valence-corrected chi connectivity index (χ4v) is 4.46. The largest absolute Gasteiger partial charge is 0.334 e. The summed E-state index contributed by atoms with van der Waals surface area (Å²) in [6, 6.07) is 21.1. The van der Waals surface area contributed by atoms with Gasteiger partial charge in [0.05, 0.1) is 6.04 Å². The molecule has 0 aromatic heterocycles. The molecule has 0 spiro atoms. The lowest BCUT2D eigenvalue weighted by Gasteiger charge is -2.40. The smallest absolute Gasteiger partial charge is 0.312 e. The topological polar surface area (TPSA) is 43.9 Å². The number of amides is 2. The van der Waals surface area contributed by atoms with Gasteiger partial charge in [-0.05, 0) is 23.0 Å². The summed E-state index contributed by atoms with van der Waals surface area (Å²) in [7, 11) is 0. The molecule has 5 nitrogen and oxygen atoms in total. The normalized spacial score (nSPS) is 14.9. The number of rotatable bonds is 7. The minimum absolute atomic E-state index is 0.142. The zero-order chi connectivity index (χ0) is 23.1. The number of benzene rings is 2. The summed E-state index contributed by atoms with van der Waals surface area (Å²) in [5.74, 6) is -0.0508. The summed E-state index contributed by atoms with van der Waals surface area (Å²) in [5.41, 5.74) is 2.49. The van der Waals surface area contributed by atoms with E-state index in [1.807, 2.05) is 12.1 Å². The maximum absolute atomic E-state index is 13.0. The molecule has 0 saturated carbocycles. The Balaban J connectivity index is 1.69. The highest BCUT2D eigenvalue weighted by Gasteiger charge is 2.32. The first-order valence-electron chi connectivity index (χ1n) is 11.8. The first kappa shape index (κ1) is 24.0. The van der Waals surface area contributed by atoms with Gasteiger partial charge >= 0.3 is 11.8 Å². The van der Waals surface area contributed by atoms with Gasteiger partial charge in [-0.3, -0.25) is 14.5 Å². The zero-order valence-electron chi connectivity index (χ0n) is 19.9. The SMILES string of the molecule is CC(C)CN(CC(C)C)C(=O)C(=O)N1CCN(C(c2ccccc2)c2ccccc2)CC1. The Kier molecular flexibility index (Phi) is 8.46. The molecule has 2 amide bonds. The van der Waals surface area contributed by atoms with E-state index in [4.69, 9.17) is 0 Å². The molecule has 0 atom stereocenters. The van der Waals surface area contributed by atoms with E-state index in [2.05, 4.69) is 81.1 Å². The van der Waals surface area contributed by atoms with Crippen molar-refractivity contribution in [1.82, 2.24) is 14.7 Å². The second-order valence-electron chi connectivity index (χ2n) is 9.55. The zero-order valence-corrected chi connectivity index (χ0v) is 19.9. The molecule has 1 fully saturated rings. The fourth-order valence-electron chi connectivity index (χ4n) is 4.46. The minimum Gasteiger partial charge on any atom is -0.334 e. The number of hydrogen-bond donors (Lipinski definition) is 0. The van der Waals surface area contributed by atoms with Crippen LogP contribution in [0.5, 0.6) is 0 Å². The van der Waals surface area contributed by atoms with Gasteiger partial charge in [-0.2, -0.15) is 0 Å². The Morgan fingerprint density at radius 3 is 1.59 bits per heavy atom. The van der Waals surface area contributed by atoms with Gasteiger partial charge in [-0.1, -0.05) is 88.4 Å². The van der Waals surface area contributed by atoms with Crippen molar-refractivity contribution in [2.45, 2.75) is 33.7 Å². The van der Waals surface area contributed by atoms with Crippen LogP contribution >= 0.6 is 0 Å². The highest BCUT2D eigenvalue weighted by atomic mass is 16.2. The van der Waals surface area contributed by atoms with Crippen molar-refractivity contribution in [3.63, 3.8) is 0 Å². The van der Waals surface area contributed by atoms with Crippen LogP contribution in [-0.4, -0.2) is 65.8 Å². The van der Waals surface area contributed by atoms with Gasteiger partial charge < -0.3 is 9.80 Å². The molecule has 2 aromatic rings. The summed E-state index contributed by atoms with van der Waals surface area (Å²) in [4.78, 5) is 31.9. The van der Waals surface area contributed by atoms with Crippen LogP contribution in [0.2, 0.25) is 0 Å². The Morgan fingerprint density at radius 1 is 0.750 bits per heavy atom. The summed E-state index contributed by atoms with van der Waals surface area (Å²) in [5, 5.41) is 0. The average molecular weight is 436 g/mol. The minimum atomic E-state index is -0.359. The van der Waals surface area contributed by atoms with E-state index in [1.165, 1.54) is 11.1 Å². The molecular weight excluding hydrogens is 398 g/mol. The van der Waals surface area contributed by atoms with Crippen LogP contribution in [0.3, 0.4) is 0 Å². The average Bonchev–Trinajstić information content (AvgIpc) is 2.79. The molecule has 2 aromatic carbocycles. The molecule has 1 aliphatic heterocycles. The van der Waals surface area contributed by atoms with Crippen LogP contribution < -0.4 is 0 Å². The Hall–Kier alpha value is -2.66. The van der Waals surface area contributed by atoms with Gasteiger partial charge in [-0.25, -0.2) is 0 Å². The molecule has 3 rings (SSSR count). The maximum atomic E-state index is 13.0. The van der Waals surface area contributed by atoms with E-state index in [9.17, 15) is 9.59 Å². The number of carbonyl (C=O) groups excluding carboxylic acids is 2. The number of nitrogens with zero attached hydrogens (tertiary/aromatic N) is 3. The molecule has 0 N–H and O–H groups in total. The third kappa shape index (κ3) is 6.19. The van der Waals surface area contributed by atoms with E-state index in [0.717, 1.165) is 13.1 Å². The number of hydrogen-bond acceptors (Lipinski definition) is 3. The van der Waals surface area contributed by atoms with Crippen LogP contribution in [0.1, 0.15) is 44.9 Å². The van der Waals surface area contributed by atoms with Gasteiger partial charge in [0.2, 0.25) is 0 Å². The summed E-state index contributed by atoms with van der Waals surface area (Å²) in [6.07, 6.45) is 0. The van der Waals surface area contributed by atoms with Crippen molar-refractivity contribution < 1.29 is 9.59 Å². The highest BCUT2D eigenvalue weighted by Crippen LogP contribution is 2.29. The van der Waals surface area contributed by atoms with Crippen LogP contribution in [-0.2, 0) is 9.59 Å². The standard InChI is InChI=1S/C27H37N3O2/c1-21(2)19-30(20-22(3)4)27(32)26(31)29-17-15-28(16-18-29)25(23-11-7-5-8-12-23)24-13-9-6-10-14-24/h5-14,21-22,25H,15-20H2,1-4H3. The monoisotopic (exact) mass is 435 g/mol. The van der Waals surface area contributed by atoms with Crippen molar-refractivity contribution in [2.75, 3.05) is 39.3 Å². The van der Waals surface area contributed by atoms with Crippen molar-refractivity contribution in [3.8, 4) is 0 Å². The number of carbonyl (C=O) groups is 2. The molecule has 1 heterocycles. The van der Waals surface area contributed by atoms with Gasteiger partial charge in [-0.15, -0.1) is 0 Å². The first-order chi connectivity index (χ1) is 15.4. The summed E-state index contributed by atoms with van der Waals surface area (Å²) in [6.45, 7) is 12.2. The second kappa shape index (κ2) is 11.3. The van der Waals surface area contributed by atoms with Crippen molar-refractivity contribution >= 4 is 11.8 Å². The van der Waals surface area contributed by atoms with Crippen molar-refractivity contribution in [1.29, 1.82) is 0 Å². The quantitative estimate of drug-likeness (QED) is 0.616.